The van der Waals surface area contributed by atoms with Crippen LogP contribution in [0.4, 0.5) is 5.69 Å². The Balaban J connectivity index is 2.70. The van der Waals surface area contributed by atoms with Gasteiger partial charge in [-0.2, -0.15) is 0 Å². The molecule has 1 heterocycles. The highest BCUT2D eigenvalue weighted by molar-refractivity contribution is 5.92. The van der Waals surface area contributed by atoms with Crippen LogP contribution < -0.4 is 5.73 Å². The van der Waals surface area contributed by atoms with Crippen molar-refractivity contribution in [2.45, 2.75) is 26.8 Å². The Labute approximate surface area is 84.3 Å². The zero-order chi connectivity index (χ0) is 10.1. The number of hydrogen-bond donors (Lipinski definition) is 1. The Kier molecular flexibility index (Phi) is 2.20. The topological polar surface area (TPSA) is 30.9 Å². The predicted molar refractivity (Wildman–Crippen MR) is 61.4 cm³/mol. The van der Waals surface area contributed by atoms with Crippen LogP contribution in [0.2, 0.25) is 0 Å². The van der Waals surface area contributed by atoms with E-state index in [4.69, 9.17) is 5.73 Å². The molecule has 0 saturated carbocycles. The molecule has 0 fully saturated rings. The third kappa shape index (κ3) is 1.27. The van der Waals surface area contributed by atoms with Crippen LogP contribution in [0, 0.1) is 6.92 Å². The van der Waals surface area contributed by atoms with Crippen LogP contribution in [0.1, 0.15) is 19.0 Å². The van der Waals surface area contributed by atoms with Crippen molar-refractivity contribution in [3.63, 3.8) is 0 Å². The quantitative estimate of drug-likeness (QED) is 0.722. The number of nitrogen functional groups attached to an aromatic ring is 1. The van der Waals surface area contributed by atoms with Gasteiger partial charge in [-0.25, -0.2) is 0 Å². The van der Waals surface area contributed by atoms with Crippen molar-refractivity contribution >= 4 is 16.6 Å². The molecule has 0 amide bonds. The van der Waals surface area contributed by atoms with Crippen molar-refractivity contribution in [3.05, 3.63) is 30.0 Å². The van der Waals surface area contributed by atoms with Gasteiger partial charge in [0.15, 0.2) is 0 Å². The summed E-state index contributed by atoms with van der Waals surface area (Å²) >= 11 is 0. The Bertz CT molecular complexity index is 455. The first-order valence-corrected chi connectivity index (χ1v) is 5.08. The summed E-state index contributed by atoms with van der Waals surface area (Å²) in [5, 5.41) is 1.18. The highest BCUT2D eigenvalue weighted by atomic mass is 15.0. The molecule has 0 radical (unpaired) electrons. The summed E-state index contributed by atoms with van der Waals surface area (Å²) in [6.45, 7) is 5.39. The summed E-state index contributed by atoms with van der Waals surface area (Å²) in [6, 6.07) is 8.27. The molecule has 2 rings (SSSR count). The lowest BCUT2D eigenvalue weighted by Gasteiger charge is -2.05. The van der Waals surface area contributed by atoms with Crippen molar-refractivity contribution in [3.8, 4) is 0 Å². The molecular weight excluding hydrogens is 172 g/mol. The molecule has 2 nitrogen and oxygen atoms in total. The number of benzene rings is 1. The van der Waals surface area contributed by atoms with E-state index in [1.807, 2.05) is 12.1 Å². The third-order valence-corrected chi connectivity index (χ3v) is 2.63. The average Bonchev–Trinajstić information content (AvgIpc) is 2.47. The van der Waals surface area contributed by atoms with Gasteiger partial charge in [0.25, 0.3) is 0 Å². The summed E-state index contributed by atoms with van der Waals surface area (Å²) < 4.78 is 2.33. The molecule has 0 atom stereocenters. The summed E-state index contributed by atoms with van der Waals surface area (Å²) in [7, 11) is 0. The second-order valence-electron chi connectivity index (χ2n) is 3.72. The van der Waals surface area contributed by atoms with Crippen molar-refractivity contribution in [1.82, 2.24) is 4.57 Å². The van der Waals surface area contributed by atoms with Crippen LogP contribution in [0.5, 0.6) is 0 Å². The van der Waals surface area contributed by atoms with Crippen molar-refractivity contribution in [2.24, 2.45) is 0 Å². The van der Waals surface area contributed by atoms with Gasteiger partial charge in [-0.3, -0.25) is 0 Å². The van der Waals surface area contributed by atoms with Crippen LogP contribution >= 0.6 is 0 Å². The summed E-state index contributed by atoms with van der Waals surface area (Å²) in [5.41, 5.74) is 9.34. The Morgan fingerprint density at radius 2 is 2.14 bits per heavy atom. The van der Waals surface area contributed by atoms with Gasteiger partial charge in [-0.05, 0) is 31.5 Å². The van der Waals surface area contributed by atoms with Crippen LogP contribution in [0.3, 0.4) is 0 Å². The predicted octanol–water partition coefficient (Wildman–Crippen LogP) is 2.94. The first-order chi connectivity index (χ1) is 6.74. The molecule has 0 spiro atoms. The highest BCUT2D eigenvalue weighted by Crippen LogP contribution is 2.24. The standard InChI is InChI=1S/C12H16N2/c1-3-7-14-9(2)8-10-11(13)5-4-6-12(10)14/h4-6,8H,3,7,13H2,1-2H3. The second kappa shape index (κ2) is 3.37. The first-order valence-electron chi connectivity index (χ1n) is 5.08. The van der Waals surface area contributed by atoms with Crippen molar-refractivity contribution < 1.29 is 0 Å². The molecule has 14 heavy (non-hydrogen) atoms. The number of anilines is 1. The van der Waals surface area contributed by atoms with Crippen LogP contribution in [0.25, 0.3) is 10.9 Å². The van der Waals surface area contributed by atoms with Gasteiger partial charge in [0, 0.05) is 23.3 Å². The Morgan fingerprint density at radius 3 is 2.86 bits per heavy atom. The van der Waals surface area contributed by atoms with E-state index in [9.17, 15) is 0 Å². The lowest BCUT2D eigenvalue weighted by atomic mass is 10.2. The number of nitrogens with zero attached hydrogens (tertiary/aromatic N) is 1. The number of aromatic nitrogens is 1. The number of rotatable bonds is 2. The monoisotopic (exact) mass is 188 g/mol. The molecule has 74 valence electrons. The lowest BCUT2D eigenvalue weighted by molar-refractivity contribution is 0.686. The fourth-order valence-electron chi connectivity index (χ4n) is 1.96. The van der Waals surface area contributed by atoms with E-state index in [1.165, 1.54) is 16.6 Å². The average molecular weight is 188 g/mol. The largest absolute Gasteiger partial charge is 0.398 e. The van der Waals surface area contributed by atoms with E-state index in [0.717, 1.165) is 18.7 Å². The van der Waals surface area contributed by atoms with Crippen LogP contribution in [-0.4, -0.2) is 4.57 Å². The van der Waals surface area contributed by atoms with Gasteiger partial charge in [0.05, 0.1) is 5.52 Å². The molecule has 2 N–H and O–H groups in total. The summed E-state index contributed by atoms with van der Waals surface area (Å²) in [5.74, 6) is 0. The van der Waals surface area contributed by atoms with Crippen LogP contribution in [0.15, 0.2) is 24.3 Å². The van der Waals surface area contributed by atoms with Gasteiger partial charge in [0.1, 0.15) is 0 Å². The Hall–Kier alpha value is -1.44. The van der Waals surface area contributed by atoms with Crippen molar-refractivity contribution in [2.75, 3.05) is 5.73 Å². The summed E-state index contributed by atoms with van der Waals surface area (Å²) in [6.07, 6.45) is 1.15. The van der Waals surface area contributed by atoms with Crippen molar-refractivity contribution in [1.29, 1.82) is 0 Å². The smallest absolute Gasteiger partial charge is 0.0503 e. The molecule has 0 aliphatic rings. The van der Waals surface area contributed by atoms with E-state index < -0.39 is 0 Å². The maximum absolute atomic E-state index is 5.92. The third-order valence-electron chi connectivity index (χ3n) is 2.63. The number of hydrogen-bond acceptors (Lipinski definition) is 1. The fourth-order valence-corrected chi connectivity index (χ4v) is 1.96. The fraction of sp³-hybridized carbons (Fsp3) is 0.333. The van der Waals surface area contributed by atoms with E-state index in [-0.39, 0.29) is 0 Å². The second-order valence-corrected chi connectivity index (χ2v) is 3.72. The minimum atomic E-state index is 0.875. The molecule has 0 bridgehead atoms. The van der Waals surface area contributed by atoms with E-state index in [1.54, 1.807) is 0 Å². The first kappa shape index (κ1) is 9.13. The molecule has 2 heteroatoms. The maximum atomic E-state index is 5.92. The van der Waals surface area contributed by atoms with Gasteiger partial charge in [-0.1, -0.05) is 13.0 Å². The van der Waals surface area contributed by atoms with E-state index >= 15 is 0 Å². The number of aryl methyl sites for hydroxylation is 2. The Morgan fingerprint density at radius 1 is 1.36 bits per heavy atom. The molecule has 0 aliphatic carbocycles. The molecule has 1 aromatic heterocycles. The number of nitrogens with two attached hydrogens (primary N) is 1. The molecule has 0 saturated heterocycles. The highest BCUT2D eigenvalue weighted by Gasteiger charge is 2.05. The lowest BCUT2D eigenvalue weighted by Crippen LogP contribution is -1.98. The van der Waals surface area contributed by atoms with E-state index in [0.29, 0.717) is 0 Å². The molecule has 0 aliphatic heterocycles. The van der Waals surface area contributed by atoms with Gasteiger partial charge < -0.3 is 10.3 Å². The molecule has 0 unspecified atom stereocenters. The normalized spacial score (nSPS) is 11.0. The molecular formula is C12H16N2. The minimum Gasteiger partial charge on any atom is -0.398 e. The van der Waals surface area contributed by atoms with Gasteiger partial charge in [0.2, 0.25) is 0 Å². The number of fused-ring (bicyclic) bond motifs is 1. The zero-order valence-corrected chi connectivity index (χ0v) is 8.75. The molecule has 1 aromatic carbocycles. The summed E-state index contributed by atoms with van der Waals surface area (Å²) in [4.78, 5) is 0. The van der Waals surface area contributed by atoms with Gasteiger partial charge >= 0.3 is 0 Å². The zero-order valence-electron chi connectivity index (χ0n) is 8.75. The van der Waals surface area contributed by atoms with Crippen LogP contribution in [-0.2, 0) is 6.54 Å². The van der Waals surface area contributed by atoms with Gasteiger partial charge in [-0.15, -0.1) is 0 Å². The SMILES string of the molecule is CCCn1c(C)cc2c(N)cccc21. The molecule has 2 aromatic rings. The van der Waals surface area contributed by atoms with E-state index in [2.05, 4.69) is 30.5 Å². The minimum absolute atomic E-state index is 0.875. The maximum Gasteiger partial charge on any atom is 0.0503 e.